The molecule has 19 heavy (non-hydrogen) atoms. The van der Waals surface area contributed by atoms with Crippen molar-refractivity contribution in [1.82, 2.24) is 0 Å². The molecular weight excluding hydrogens is 326 g/mol. The lowest BCUT2D eigenvalue weighted by atomic mass is 9.63. The molecule has 0 radical (unpaired) electrons. The molecule has 2 rings (SSSR count). The Bertz CT molecular complexity index is 463. The SMILES string of the molecule is CC1(C)CCCCC1(CO)Nc1ccc(Cl)c(Br)c1. The molecule has 1 aromatic rings. The highest BCUT2D eigenvalue weighted by Crippen LogP contribution is 2.45. The van der Waals surface area contributed by atoms with Gasteiger partial charge in [0.05, 0.1) is 17.2 Å². The molecule has 1 aromatic carbocycles. The lowest BCUT2D eigenvalue weighted by Gasteiger charge is -2.50. The maximum atomic E-state index is 9.96. The Morgan fingerprint density at radius 3 is 2.58 bits per heavy atom. The van der Waals surface area contributed by atoms with Crippen LogP contribution >= 0.6 is 27.5 Å². The van der Waals surface area contributed by atoms with Gasteiger partial charge in [-0.3, -0.25) is 0 Å². The first-order valence-corrected chi connectivity index (χ1v) is 7.91. The van der Waals surface area contributed by atoms with E-state index in [4.69, 9.17) is 11.6 Å². The van der Waals surface area contributed by atoms with Crippen molar-refractivity contribution < 1.29 is 5.11 Å². The van der Waals surface area contributed by atoms with Crippen LogP contribution in [0.4, 0.5) is 5.69 Å². The summed E-state index contributed by atoms with van der Waals surface area (Å²) in [7, 11) is 0. The van der Waals surface area contributed by atoms with Gasteiger partial charge in [0.1, 0.15) is 0 Å². The normalized spacial score (nSPS) is 26.2. The monoisotopic (exact) mass is 345 g/mol. The molecule has 1 atom stereocenters. The van der Waals surface area contributed by atoms with Crippen LogP contribution in [-0.4, -0.2) is 17.3 Å². The van der Waals surface area contributed by atoms with Gasteiger partial charge in [-0.05, 0) is 52.4 Å². The zero-order valence-electron chi connectivity index (χ0n) is 11.5. The molecule has 106 valence electrons. The highest BCUT2D eigenvalue weighted by atomic mass is 79.9. The molecule has 1 fully saturated rings. The minimum Gasteiger partial charge on any atom is -0.394 e. The first kappa shape index (κ1) is 15.1. The Balaban J connectivity index is 2.29. The molecule has 0 spiro atoms. The molecule has 0 aliphatic heterocycles. The van der Waals surface area contributed by atoms with Crippen molar-refractivity contribution >= 4 is 33.2 Å². The number of anilines is 1. The maximum absolute atomic E-state index is 9.96. The van der Waals surface area contributed by atoms with Crippen LogP contribution in [0, 0.1) is 5.41 Å². The topological polar surface area (TPSA) is 32.3 Å². The van der Waals surface area contributed by atoms with Crippen LogP contribution < -0.4 is 5.32 Å². The highest BCUT2D eigenvalue weighted by molar-refractivity contribution is 9.10. The summed E-state index contributed by atoms with van der Waals surface area (Å²) < 4.78 is 0.876. The Kier molecular flexibility index (Phi) is 4.49. The van der Waals surface area contributed by atoms with Crippen LogP contribution in [0.25, 0.3) is 0 Å². The van der Waals surface area contributed by atoms with Crippen LogP contribution in [0.15, 0.2) is 22.7 Å². The van der Waals surface area contributed by atoms with Gasteiger partial charge in [0.25, 0.3) is 0 Å². The Hall–Kier alpha value is -0.250. The number of aliphatic hydroxyl groups excluding tert-OH is 1. The Morgan fingerprint density at radius 2 is 2.00 bits per heavy atom. The van der Waals surface area contributed by atoms with E-state index >= 15 is 0 Å². The lowest BCUT2D eigenvalue weighted by molar-refractivity contribution is 0.0580. The number of halogens is 2. The van der Waals surface area contributed by atoms with Gasteiger partial charge >= 0.3 is 0 Å². The van der Waals surface area contributed by atoms with Crippen molar-refractivity contribution in [2.45, 2.75) is 45.1 Å². The second-order valence-electron chi connectivity index (χ2n) is 6.09. The van der Waals surface area contributed by atoms with E-state index in [1.54, 1.807) is 0 Å². The number of nitrogens with one attached hydrogen (secondary N) is 1. The molecule has 4 heteroatoms. The van der Waals surface area contributed by atoms with Gasteiger partial charge in [0.2, 0.25) is 0 Å². The molecule has 2 nitrogen and oxygen atoms in total. The van der Waals surface area contributed by atoms with E-state index in [9.17, 15) is 5.11 Å². The van der Waals surface area contributed by atoms with Gasteiger partial charge in [0.15, 0.2) is 0 Å². The van der Waals surface area contributed by atoms with Gasteiger partial charge in [-0.25, -0.2) is 0 Å². The molecule has 1 unspecified atom stereocenters. The van der Waals surface area contributed by atoms with Crippen molar-refractivity contribution in [1.29, 1.82) is 0 Å². The molecular formula is C15H21BrClNO. The maximum Gasteiger partial charge on any atom is 0.0666 e. The van der Waals surface area contributed by atoms with Crippen molar-refractivity contribution in [2.75, 3.05) is 11.9 Å². The third-order valence-corrected chi connectivity index (χ3v) is 5.74. The second kappa shape index (κ2) is 5.63. The fraction of sp³-hybridized carbons (Fsp3) is 0.600. The van der Waals surface area contributed by atoms with Crippen molar-refractivity contribution in [3.63, 3.8) is 0 Å². The van der Waals surface area contributed by atoms with Gasteiger partial charge < -0.3 is 10.4 Å². The Morgan fingerprint density at radius 1 is 1.32 bits per heavy atom. The summed E-state index contributed by atoms with van der Waals surface area (Å²) in [6.45, 7) is 4.63. The summed E-state index contributed by atoms with van der Waals surface area (Å²) in [6.07, 6.45) is 4.53. The number of hydrogen-bond donors (Lipinski definition) is 2. The van der Waals surface area contributed by atoms with E-state index in [0.29, 0.717) is 5.02 Å². The standard InChI is InChI=1S/C15H21BrClNO/c1-14(2)7-3-4-8-15(14,10-19)18-11-5-6-13(17)12(16)9-11/h5-6,9,18-19H,3-4,7-8,10H2,1-2H3. The predicted octanol–water partition coefficient (Wildman–Crippen LogP) is 4.85. The van der Waals surface area contributed by atoms with Crippen LogP contribution in [0.5, 0.6) is 0 Å². The summed E-state index contributed by atoms with van der Waals surface area (Å²) in [5.41, 5.74) is 0.824. The summed E-state index contributed by atoms with van der Waals surface area (Å²) in [5.74, 6) is 0. The quantitative estimate of drug-likeness (QED) is 0.820. The molecule has 2 N–H and O–H groups in total. The van der Waals surface area contributed by atoms with Crippen LogP contribution in [0.2, 0.25) is 5.02 Å². The van der Waals surface area contributed by atoms with Crippen molar-refractivity contribution in [3.05, 3.63) is 27.7 Å². The first-order valence-electron chi connectivity index (χ1n) is 6.74. The smallest absolute Gasteiger partial charge is 0.0666 e. The minimum atomic E-state index is -0.251. The lowest BCUT2D eigenvalue weighted by Crippen LogP contribution is -2.56. The van der Waals surface area contributed by atoms with E-state index in [1.807, 2.05) is 18.2 Å². The van der Waals surface area contributed by atoms with E-state index in [2.05, 4.69) is 35.1 Å². The van der Waals surface area contributed by atoms with E-state index in [0.717, 1.165) is 29.4 Å². The molecule has 0 amide bonds. The molecule has 1 aliphatic rings. The predicted molar refractivity (Wildman–Crippen MR) is 84.8 cm³/mol. The fourth-order valence-corrected chi connectivity index (χ4v) is 3.48. The van der Waals surface area contributed by atoms with Gasteiger partial charge in [-0.15, -0.1) is 0 Å². The van der Waals surface area contributed by atoms with Crippen molar-refractivity contribution in [2.24, 2.45) is 5.41 Å². The summed E-state index contributed by atoms with van der Waals surface area (Å²) in [5, 5.41) is 14.2. The zero-order chi connectivity index (χ0) is 14.1. The molecule has 0 bridgehead atoms. The van der Waals surface area contributed by atoms with Gasteiger partial charge in [0, 0.05) is 10.2 Å². The van der Waals surface area contributed by atoms with E-state index in [1.165, 1.54) is 6.42 Å². The Labute approximate surface area is 128 Å². The summed E-state index contributed by atoms with van der Waals surface area (Å²) in [4.78, 5) is 0. The summed E-state index contributed by atoms with van der Waals surface area (Å²) in [6, 6.07) is 5.81. The fourth-order valence-electron chi connectivity index (χ4n) is 2.99. The number of hydrogen-bond acceptors (Lipinski definition) is 2. The van der Waals surface area contributed by atoms with E-state index in [-0.39, 0.29) is 17.6 Å². The highest BCUT2D eigenvalue weighted by Gasteiger charge is 2.46. The number of benzene rings is 1. The summed E-state index contributed by atoms with van der Waals surface area (Å²) >= 11 is 9.47. The van der Waals surface area contributed by atoms with Crippen LogP contribution in [-0.2, 0) is 0 Å². The number of rotatable bonds is 3. The third kappa shape index (κ3) is 2.93. The zero-order valence-corrected chi connectivity index (χ0v) is 13.8. The second-order valence-corrected chi connectivity index (χ2v) is 7.35. The molecule has 1 saturated carbocycles. The van der Waals surface area contributed by atoms with Crippen molar-refractivity contribution in [3.8, 4) is 0 Å². The average Bonchev–Trinajstić information content (AvgIpc) is 2.36. The van der Waals surface area contributed by atoms with Crippen LogP contribution in [0.1, 0.15) is 39.5 Å². The van der Waals surface area contributed by atoms with Crippen LogP contribution in [0.3, 0.4) is 0 Å². The number of aliphatic hydroxyl groups is 1. The largest absolute Gasteiger partial charge is 0.394 e. The van der Waals surface area contributed by atoms with Gasteiger partial charge in [-0.1, -0.05) is 38.3 Å². The molecule has 1 aliphatic carbocycles. The molecule has 0 saturated heterocycles. The van der Waals surface area contributed by atoms with E-state index < -0.39 is 0 Å². The van der Waals surface area contributed by atoms with Gasteiger partial charge in [-0.2, -0.15) is 0 Å². The average molecular weight is 347 g/mol. The minimum absolute atomic E-state index is 0.0755. The molecule has 0 aromatic heterocycles. The third-order valence-electron chi connectivity index (χ3n) is 4.52. The molecule has 0 heterocycles. The first-order chi connectivity index (χ1) is 8.90.